The van der Waals surface area contributed by atoms with Gasteiger partial charge in [0.15, 0.2) is 6.10 Å². The number of hydrogen-bond acceptors (Lipinski definition) is 3. The third-order valence-corrected chi connectivity index (χ3v) is 3.00. The molecule has 0 heterocycles. The molecule has 0 aliphatic heterocycles. The Morgan fingerprint density at radius 3 is 2.74 bits per heavy atom. The van der Waals surface area contributed by atoms with Crippen molar-refractivity contribution in [2.24, 2.45) is 0 Å². The first kappa shape index (κ1) is 15.8. The quantitative estimate of drug-likeness (QED) is 0.878. The number of rotatable bonds is 4. The third kappa shape index (κ3) is 5.08. The molecule has 0 aromatic heterocycles. The van der Waals surface area contributed by atoms with Crippen LogP contribution in [0.5, 0.6) is 5.75 Å². The summed E-state index contributed by atoms with van der Waals surface area (Å²) >= 11 is 9.08. The minimum Gasteiger partial charge on any atom is -0.480 e. The van der Waals surface area contributed by atoms with Gasteiger partial charge in [-0.3, -0.25) is 10.1 Å². The lowest BCUT2D eigenvalue weighted by Gasteiger charge is -2.15. The summed E-state index contributed by atoms with van der Waals surface area (Å²) in [5, 5.41) is 5.19. The molecule has 5 nitrogen and oxygen atoms in total. The first-order valence-electron chi connectivity index (χ1n) is 5.64. The van der Waals surface area contributed by atoms with Crippen molar-refractivity contribution in [1.29, 1.82) is 0 Å². The van der Waals surface area contributed by atoms with Crippen LogP contribution >= 0.6 is 27.5 Å². The van der Waals surface area contributed by atoms with Gasteiger partial charge in [0.1, 0.15) is 5.75 Å². The molecule has 104 valence electrons. The van der Waals surface area contributed by atoms with Gasteiger partial charge in [0.2, 0.25) is 0 Å². The van der Waals surface area contributed by atoms with Gasteiger partial charge in [-0.1, -0.05) is 11.6 Å². The van der Waals surface area contributed by atoms with E-state index >= 15 is 0 Å². The molecule has 19 heavy (non-hydrogen) atoms. The monoisotopic (exact) mass is 348 g/mol. The normalized spacial score (nSPS) is 11.6. The summed E-state index contributed by atoms with van der Waals surface area (Å²) in [6.45, 7) is 3.75. The van der Waals surface area contributed by atoms with E-state index in [4.69, 9.17) is 16.3 Å². The average molecular weight is 350 g/mol. The largest absolute Gasteiger partial charge is 0.480 e. The van der Waals surface area contributed by atoms with E-state index in [0.29, 0.717) is 21.8 Å². The van der Waals surface area contributed by atoms with Crippen molar-refractivity contribution in [2.75, 3.05) is 6.54 Å². The van der Waals surface area contributed by atoms with Crippen molar-refractivity contribution in [1.82, 2.24) is 10.6 Å². The highest BCUT2D eigenvalue weighted by Crippen LogP contribution is 2.28. The molecule has 0 spiro atoms. The van der Waals surface area contributed by atoms with E-state index in [0.717, 1.165) is 0 Å². The second kappa shape index (κ2) is 7.35. The topological polar surface area (TPSA) is 67.4 Å². The second-order valence-corrected chi connectivity index (χ2v) is 4.97. The highest BCUT2D eigenvalue weighted by atomic mass is 79.9. The Kier molecular flexibility index (Phi) is 6.11. The van der Waals surface area contributed by atoms with Crippen molar-refractivity contribution < 1.29 is 14.3 Å². The Morgan fingerprint density at radius 1 is 1.47 bits per heavy atom. The predicted molar refractivity (Wildman–Crippen MR) is 76.5 cm³/mol. The number of benzene rings is 1. The third-order valence-electron chi connectivity index (χ3n) is 2.14. The molecular weight excluding hydrogens is 335 g/mol. The molecule has 1 rings (SSSR count). The van der Waals surface area contributed by atoms with Crippen LogP contribution in [0, 0.1) is 0 Å². The number of urea groups is 1. The molecule has 0 radical (unpaired) electrons. The number of halogens is 2. The van der Waals surface area contributed by atoms with Crippen molar-refractivity contribution in [3.05, 3.63) is 27.7 Å². The molecule has 0 fully saturated rings. The number of imide groups is 1. The fourth-order valence-corrected chi connectivity index (χ4v) is 2.01. The highest BCUT2D eigenvalue weighted by molar-refractivity contribution is 9.10. The average Bonchev–Trinajstić information content (AvgIpc) is 2.32. The van der Waals surface area contributed by atoms with Crippen molar-refractivity contribution in [2.45, 2.75) is 20.0 Å². The summed E-state index contributed by atoms with van der Waals surface area (Å²) in [4.78, 5) is 22.9. The zero-order chi connectivity index (χ0) is 14.4. The minimum atomic E-state index is -0.805. The zero-order valence-corrected chi connectivity index (χ0v) is 12.8. The fourth-order valence-electron chi connectivity index (χ4n) is 1.23. The van der Waals surface area contributed by atoms with Crippen molar-refractivity contribution in [3.63, 3.8) is 0 Å². The van der Waals surface area contributed by atoms with Crippen molar-refractivity contribution >= 4 is 39.5 Å². The second-order valence-electron chi connectivity index (χ2n) is 3.68. The van der Waals surface area contributed by atoms with Crippen molar-refractivity contribution in [3.8, 4) is 5.75 Å². The van der Waals surface area contributed by atoms with E-state index in [2.05, 4.69) is 26.6 Å². The number of carbonyl (C=O) groups excluding carboxylic acids is 2. The van der Waals surface area contributed by atoms with Gasteiger partial charge in [-0.25, -0.2) is 4.79 Å². The molecule has 7 heteroatoms. The molecule has 0 aliphatic carbocycles. The maximum Gasteiger partial charge on any atom is 0.321 e. The Morgan fingerprint density at radius 2 is 2.16 bits per heavy atom. The van der Waals surface area contributed by atoms with Crippen LogP contribution in [0.15, 0.2) is 22.7 Å². The molecule has 0 bridgehead atoms. The van der Waals surface area contributed by atoms with Gasteiger partial charge >= 0.3 is 6.03 Å². The van der Waals surface area contributed by atoms with Crippen LogP contribution in [-0.4, -0.2) is 24.6 Å². The Labute approximate surface area is 124 Å². The van der Waals surface area contributed by atoms with E-state index in [1.165, 1.54) is 0 Å². The van der Waals surface area contributed by atoms with Gasteiger partial charge in [-0.2, -0.15) is 0 Å². The summed E-state index contributed by atoms with van der Waals surface area (Å²) in [6.07, 6.45) is -0.805. The zero-order valence-electron chi connectivity index (χ0n) is 10.5. The molecule has 1 atom stereocenters. The van der Waals surface area contributed by atoms with Gasteiger partial charge < -0.3 is 10.1 Å². The fraction of sp³-hybridized carbons (Fsp3) is 0.333. The van der Waals surface area contributed by atoms with E-state index in [1.807, 2.05) is 0 Å². The van der Waals surface area contributed by atoms with Crippen LogP contribution in [0.4, 0.5) is 4.79 Å². The van der Waals surface area contributed by atoms with E-state index in [9.17, 15) is 9.59 Å². The van der Waals surface area contributed by atoms with E-state index in [-0.39, 0.29) is 0 Å². The lowest BCUT2D eigenvalue weighted by atomic mass is 10.3. The van der Waals surface area contributed by atoms with Gasteiger partial charge in [0, 0.05) is 11.6 Å². The molecule has 1 unspecified atom stereocenters. The molecule has 0 aliphatic rings. The Balaban J connectivity index is 2.61. The Bertz CT molecular complexity index is 482. The number of amides is 3. The van der Waals surface area contributed by atoms with E-state index < -0.39 is 18.0 Å². The molecule has 1 aromatic rings. The number of carbonyl (C=O) groups is 2. The van der Waals surface area contributed by atoms with Gasteiger partial charge in [-0.05, 0) is 48.0 Å². The maximum absolute atomic E-state index is 11.7. The van der Waals surface area contributed by atoms with Crippen LogP contribution in [0.25, 0.3) is 0 Å². The summed E-state index contributed by atoms with van der Waals surface area (Å²) in [7, 11) is 0. The maximum atomic E-state index is 11.7. The lowest BCUT2D eigenvalue weighted by molar-refractivity contribution is -0.126. The van der Waals surface area contributed by atoms with Crippen LogP contribution in [0.2, 0.25) is 5.02 Å². The predicted octanol–water partition coefficient (Wildman–Crippen LogP) is 2.72. The molecule has 2 N–H and O–H groups in total. The number of hydrogen-bond donors (Lipinski definition) is 2. The van der Waals surface area contributed by atoms with Gasteiger partial charge in [-0.15, -0.1) is 0 Å². The van der Waals surface area contributed by atoms with Gasteiger partial charge in [0.05, 0.1) is 4.47 Å². The van der Waals surface area contributed by atoms with Crippen LogP contribution in [0.3, 0.4) is 0 Å². The molecular formula is C12H14BrClN2O3. The lowest BCUT2D eigenvalue weighted by Crippen LogP contribution is -2.45. The molecule has 1 aromatic carbocycles. The highest BCUT2D eigenvalue weighted by Gasteiger charge is 2.18. The molecule has 0 saturated heterocycles. The summed E-state index contributed by atoms with van der Waals surface area (Å²) in [5.74, 6) is -0.0456. The van der Waals surface area contributed by atoms with Crippen LogP contribution < -0.4 is 15.4 Å². The smallest absolute Gasteiger partial charge is 0.321 e. The number of nitrogens with one attached hydrogen (secondary N) is 2. The summed E-state index contributed by atoms with van der Waals surface area (Å²) in [6, 6.07) is 4.40. The first-order chi connectivity index (χ1) is 8.93. The standard InChI is InChI=1S/C12H14BrClN2O3/c1-3-15-12(18)16-11(17)7(2)19-10-5-4-8(14)6-9(10)13/h4-7H,3H2,1-2H3,(H2,15,16,17,18). The first-order valence-corrected chi connectivity index (χ1v) is 6.81. The van der Waals surface area contributed by atoms with Gasteiger partial charge in [0.25, 0.3) is 5.91 Å². The van der Waals surface area contributed by atoms with Crippen LogP contribution in [-0.2, 0) is 4.79 Å². The molecule has 3 amide bonds. The summed E-state index contributed by atoms with van der Waals surface area (Å²) < 4.78 is 6.08. The number of ether oxygens (including phenoxy) is 1. The molecule has 0 saturated carbocycles. The SMILES string of the molecule is CCNC(=O)NC(=O)C(C)Oc1ccc(Cl)cc1Br. The van der Waals surface area contributed by atoms with Crippen LogP contribution in [0.1, 0.15) is 13.8 Å². The minimum absolute atomic E-state index is 0.442. The van der Waals surface area contributed by atoms with E-state index in [1.54, 1.807) is 32.0 Å². The Hall–Kier alpha value is -1.27. The summed E-state index contributed by atoms with van der Waals surface area (Å²) in [5.41, 5.74) is 0.